The van der Waals surface area contributed by atoms with Crippen LogP contribution in [0.25, 0.3) is 44.2 Å². The first kappa shape index (κ1) is 20.0. The number of hydrogen-bond donors (Lipinski definition) is 2. The van der Waals surface area contributed by atoms with Crippen molar-refractivity contribution in [1.29, 1.82) is 0 Å². The third-order valence-corrected chi connectivity index (χ3v) is 5.45. The first-order valence-corrected chi connectivity index (χ1v) is 10.4. The van der Waals surface area contributed by atoms with Gasteiger partial charge >= 0.3 is 5.97 Å². The summed E-state index contributed by atoms with van der Waals surface area (Å²) in [5.41, 5.74) is 9.82. The number of aromatic nitrogens is 5. The van der Waals surface area contributed by atoms with Gasteiger partial charge in [-0.2, -0.15) is 4.73 Å². The zero-order valence-electron chi connectivity index (χ0n) is 17.5. The second-order valence-electron chi connectivity index (χ2n) is 7.67. The lowest BCUT2D eigenvalue weighted by molar-refractivity contribution is -0.141. The number of nitrogens with one attached hydrogen (secondary N) is 1. The maximum absolute atomic E-state index is 13.0. The van der Waals surface area contributed by atoms with Crippen LogP contribution < -0.4 is 16.1 Å². The highest BCUT2D eigenvalue weighted by Gasteiger charge is 2.16. The number of nitrogens with two attached hydrogens (primary N) is 1. The van der Waals surface area contributed by atoms with Gasteiger partial charge in [0.15, 0.2) is 0 Å². The number of imidazole rings is 1. The van der Waals surface area contributed by atoms with E-state index in [-0.39, 0.29) is 5.56 Å². The van der Waals surface area contributed by atoms with Gasteiger partial charge in [-0.3, -0.25) is 4.79 Å². The number of carbonyl (C=O) groups excluding carboxylic acids is 1. The molecule has 0 saturated carbocycles. The molecule has 3 aromatic heterocycles. The van der Waals surface area contributed by atoms with E-state index < -0.39 is 5.97 Å². The monoisotopic (exact) mass is 430 g/mol. The highest BCUT2D eigenvalue weighted by Crippen LogP contribution is 2.29. The minimum absolute atomic E-state index is 0.277. The molecule has 0 saturated heterocycles. The molecule has 0 bridgehead atoms. The first-order chi connectivity index (χ1) is 15.5. The molecule has 0 unspecified atom stereocenters. The summed E-state index contributed by atoms with van der Waals surface area (Å²) in [5, 5.41) is 0.962. The van der Waals surface area contributed by atoms with Crippen molar-refractivity contribution in [1.82, 2.24) is 24.2 Å². The number of hydrogen-bond acceptors (Lipinski definition) is 6. The molecule has 9 heteroatoms. The van der Waals surface area contributed by atoms with E-state index >= 15 is 0 Å². The quantitative estimate of drug-likeness (QED) is 0.400. The molecule has 0 radical (unpaired) electrons. The molecular weight excluding hydrogens is 408 g/mol. The summed E-state index contributed by atoms with van der Waals surface area (Å²) in [5.74, 6) is -0.457. The maximum atomic E-state index is 13.0. The summed E-state index contributed by atoms with van der Waals surface area (Å²) in [6.45, 7) is 2.78. The van der Waals surface area contributed by atoms with Crippen LogP contribution in [0.4, 0.5) is 0 Å². The average Bonchev–Trinajstić information content (AvgIpc) is 3.33. The molecule has 3 heterocycles. The minimum atomic E-state index is -0.457. The van der Waals surface area contributed by atoms with E-state index in [4.69, 9.17) is 15.6 Å². The van der Waals surface area contributed by atoms with Gasteiger partial charge in [0, 0.05) is 36.1 Å². The fraction of sp³-hybridized carbons (Fsp3) is 0.217. The van der Waals surface area contributed by atoms with Gasteiger partial charge < -0.3 is 20.1 Å². The molecule has 0 aliphatic rings. The summed E-state index contributed by atoms with van der Waals surface area (Å²) in [6, 6.07) is 11.4. The van der Waals surface area contributed by atoms with Crippen LogP contribution in [0.5, 0.6) is 0 Å². The summed E-state index contributed by atoms with van der Waals surface area (Å²) in [6.07, 6.45) is 5.28. The number of para-hydroxylation sites is 1. The van der Waals surface area contributed by atoms with Crippen molar-refractivity contribution in [3.63, 3.8) is 0 Å². The van der Waals surface area contributed by atoms with Crippen molar-refractivity contribution in [2.75, 3.05) is 6.54 Å². The van der Waals surface area contributed by atoms with Gasteiger partial charge in [0.1, 0.15) is 17.5 Å². The molecule has 5 rings (SSSR count). The van der Waals surface area contributed by atoms with Crippen LogP contribution in [-0.2, 0) is 11.3 Å². The third-order valence-electron chi connectivity index (χ3n) is 5.45. The zero-order chi connectivity index (χ0) is 22.2. The summed E-state index contributed by atoms with van der Waals surface area (Å²) >= 11 is 0. The van der Waals surface area contributed by atoms with E-state index in [0.717, 1.165) is 35.9 Å². The van der Waals surface area contributed by atoms with Crippen LogP contribution in [0.15, 0.2) is 53.7 Å². The number of benzene rings is 2. The summed E-state index contributed by atoms with van der Waals surface area (Å²) < 4.78 is 3.44. The van der Waals surface area contributed by atoms with E-state index in [9.17, 15) is 9.59 Å². The Balaban J connectivity index is 1.67. The van der Waals surface area contributed by atoms with Crippen molar-refractivity contribution >= 4 is 38.9 Å². The van der Waals surface area contributed by atoms with Crippen LogP contribution in [0.2, 0.25) is 0 Å². The lowest BCUT2D eigenvalue weighted by Gasteiger charge is -2.05. The fourth-order valence-corrected chi connectivity index (χ4v) is 4.01. The number of carbonyl (C=O) groups is 1. The molecule has 0 spiro atoms. The van der Waals surface area contributed by atoms with E-state index in [0.29, 0.717) is 34.3 Å². The zero-order valence-corrected chi connectivity index (χ0v) is 17.5. The van der Waals surface area contributed by atoms with E-state index in [2.05, 4.69) is 14.5 Å². The summed E-state index contributed by atoms with van der Waals surface area (Å²) in [4.78, 5) is 41.4. The Morgan fingerprint density at radius 2 is 2.00 bits per heavy atom. The molecular formula is C23H22N6O3. The molecule has 3 N–H and O–H groups in total. The van der Waals surface area contributed by atoms with Crippen molar-refractivity contribution in [3.05, 3.63) is 59.3 Å². The van der Waals surface area contributed by atoms with E-state index in [1.54, 1.807) is 12.1 Å². The predicted molar refractivity (Wildman–Crippen MR) is 122 cm³/mol. The first-order valence-electron chi connectivity index (χ1n) is 10.4. The Bertz CT molecular complexity index is 1530. The number of rotatable bonds is 6. The van der Waals surface area contributed by atoms with Gasteiger partial charge in [-0.25, -0.2) is 14.8 Å². The number of aryl methyl sites for hydroxylation is 1. The van der Waals surface area contributed by atoms with E-state index in [1.807, 2.05) is 30.5 Å². The van der Waals surface area contributed by atoms with Crippen molar-refractivity contribution in [2.45, 2.75) is 26.3 Å². The number of nitrogens with zero attached hydrogens (tertiary/aromatic N) is 4. The predicted octanol–water partition coefficient (Wildman–Crippen LogP) is 2.61. The second-order valence-corrected chi connectivity index (χ2v) is 7.67. The van der Waals surface area contributed by atoms with Crippen molar-refractivity contribution in [3.8, 4) is 11.3 Å². The van der Waals surface area contributed by atoms with Crippen LogP contribution in [0.1, 0.15) is 19.8 Å². The largest absolute Gasteiger partial charge is 0.347 e. The summed E-state index contributed by atoms with van der Waals surface area (Å²) in [7, 11) is 0. The molecule has 0 aliphatic carbocycles. The SMILES string of the molecule is CC(=O)On1cnc2cc3[nH]c(=O)c(-c4cn(CCCCN)c5ccccc45)nc3cc21. The van der Waals surface area contributed by atoms with E-state index in [1.165, 1.54) is 18.0 Å². The van der Waals surface area contributed by atoms with Gasteiger partial charge in [0.05, 0.1) is 16.6 Å². The highest BCUT2D eigenvalue weighted by atomic mass is 16.7. The highest BCUT2D eigenvalue weighted by molar-refractivity contribution is 5.97. The molecule has 0 atom stereocenters. The number of unbranched alkanes of at least 4 members (excludes halogenated alkanes) is 1. The van der Waals surface area contributed by atoms with Gasteiger partial charge in [0.25, 0.3) is 5.56 Å². The molecule has 0 amide bonds. The molecule has 5 aromatic rings. The van der Waals surface area contributed by atoms with Gasteiger partial charge in [-0.05, 0) is 37.6 Å². The Morgan fingerprint density at radius 1 is 1.16 bits per heavy atom. The van der Waals surface area contributed by atoms with Crippen molar-refractivity contribution in [2.24, 2.45) is 5.73 Å². The smallest absolute Gasteiger partial charge is 0.329 e. The Kier molecular flexibility index (Phi) is 4.95. The second kappa shape index (κ2) is 7.93. The van der Waals surface area contributed by atoms with Crippen LogP contribution >= 0.6 is 0 Å². The molecule has 9 nitrogen and oxygen atoms in total. The van der Waals surface area contributed by atoms with Crippen LogP contribution in [0.3, 0.4) is 0 Å². The Labute approximate surface area is 182 Å². The minimum Gasteiger partial charge on any atom is -0.347 e. The molecule has 2 aromatic carbocycles. The standard InChI is InChI=1S/C23H22N6O3/c1-14(30)32-29-13-25-19-10-17-18(11-21(19)29)26-22(23(31)27-17)16-12-28(9-5-4-8-24)20-7-3-2-6-15(16)20/h2-3,6-7,10-13H,4-5,8-9,24H2,1H3,(H,27,31). The van der Waals surface area contributed by atoms with Crippen LogP contribution in [-0.4, -0.2) is 36.8 Å². The lowest BCUT2D eigenvalue weighted by atomic mass is 10.1. The average molecular weight is 430 g/mol. The van der Waals surface area contributed by atoms with Crippen molar-refractivity contribution < 1.29 is 9.63 Å². The lowest BCUT2D eigenvalue weighted by Crippen LogP contribution is -2.15. The molecule has 0 aliphatic heterocycles. The molecule has 0 fully saturated rings. The van der Waals surface area contributed by atoms with Gasteiger partial charge in [-0.15, -0.1) is 0 Å². The number of aromatic amines is 1. The fourth-order valence-electron chi connectivity index (χ4n) is 4.01. The Morgan fingerprint density at radius 3 is 2.81 bits per heavy atom. The maximum Gasteiger partial charge on any atom is 0.329 e. The normalized spacial score (nSPS) is 11.6. The molecule has 162 valence electrons. The van der Waals surface area contributed by atoms with Gasteiger partial charge in [-0.1, -0.05) is 18.2 Å². The van der Waals surface area contributed by atoms with Gasteiger partial charge in [0.2, 0.25) is 0 Å². The Hall–Kier alpha value is -3.98. The number of fused-ring (bicyclic) bond motifs is 3. The number of H-pyrrole nitrogens is 1. The third kappa shape index (κ3) is 3.42. The molecule has 32 heavy (non-hydrogen) atoms. The van der Waals surface area contributed by atoms with Crippen LogP contribution in [0, 0.1) is 0 Å². The topological polar surface area (TPSA) is 121 Å².